The standard InChI is InChI=1S/C12H13N3O3/c16-11(8-4-2-1-3-5-8)15-10-9(12(17)18)13-6-7-14-10/h1-2,6-8H,3-5H2,(H,17,18)(H,14,15,16). The number of hydrogen-bond donors (Lipinski definition) is 2. The Morgan fingerprint density at radius 2 is 2.06 bits per heavy atom. The molecule has 1 aliphatic carbocycles. The predicted molar refractivity (Wildman–Crippen MR) is 64.1 cm³/mol. The highest BCUT2D eigenvalue weighted by Crippen LogP contribution is 2.20. The van der Waals surface area contributed by atoms with Crippen LogP contribution in [0.25, 0.3) is 0 Å². The molecule has 94 valence electrons. The van der Waals surface area contributed by atoms with Crippen molar-refractivity contribution < 1.29 is 14.7 Å². The average Bonchev–Trinajstić information content (AvgIpc) is 2.40. The van der Waals surface area contributed by atoms with Gasteiger partial charge in [0.2, 0.25) is 5.91 Å². The van der Waals surface area contributed by atoms with Gasteiger partial charge in [0.1, 0.15) is 0 Å². The van der Waals surface area contributed by atoms with Gasteiger partial charge in [-0.25, -0.2) is 14.8 Å². The number of nitrogens with one attached hydrogen (secondary N) is 1. The molecule has 0 fully saturated rings. The van der Waals surface area contributed by atoms with Gasteiger partial charge in [-0.1, -0.05) is 12.2 Å². The van der Waals surface area contributed by atoms with E-state index in [2.05, 4.69) is 15.3 Å². The van der Waals surface area contributed by atoms with Gasteiger partial charge < -0.3 is 10.4 Å². The second kappa shape index (κ2) is 5.39. The molecule has 1 heterocycles. The summed E-state index contributed by atoms with van der Waals surface area (Å²) in [6.07, 6.45) is 8.94. The molecular weight excluding hydrogens is 234 g/mol. The van der Waals surface area contributed by atoms with Gasteiger partial charge in [0.25, 0.3) is 0 Å². The number of allylic oxidation sites excluding steroid dienone is 2. The highest BCUT2D eigenvalue weighted by atomic mass is 16.4. The van der Waals surface area contributed by atoms with Gasteiger partial charge in [-0.2, -0.15) is 0 Å². The van der Waals surface area contributed by atoms with E-state index in [0.717, 1.165) is 12.8 Å². The molecule has 1 aromatic rings. The zero-order chi connectivity index (χ0) is 13.0. The fraction of sp³-hybridized carbons (Fsp3) is 0.333. The first-order valence-corrected chi connectivity index (χ1v) is 5.68. The number of carboxylic acid groups (broad SMARTS) is 1. The number of carbonyl (C=O) groups excluding carboxylic acids is 1. The van der Waals surface area contributed by atoms with E-state index in [1.165, 1.54) is 12.4 Å². The lowest BCUT2D eigenvalue weighted by Crippen LogP contribution is -2.25. The molecule has 18 heavy (non-hydrogen) atoms. The lowest BCUT2D eigenvalue weighted by atomic mass is 9.94. The Labute approximate surface area is 104 Å². The van der Waals surface area contributed by atoms with E-state index in [1.54, 1.807) is 0 Å². The van der Waals surface area contributed by atoms with Gasteiger partial charge >= 0.3 is 5.97 Å². The Bertz CT molecular complexity index is 499. The number of carboxylic acids is 1. The van der Waals surface area contributed by atoms with Crippen LogP contribution in [0.4, 0.5) is 5.82 Å². The number of aromatic nitrogens is 2. The first-order chi connectivity index (χ1) is 8.68. The number of hydrogen-bond acceptors (Lipinski definition) is 4. The van der Waals surface area contributed by atoms with Crippen molar-refractivity contribution >= 4 is 17.7 Å². The third kappa shape index (κ3) is 2.71. The second-order valence-electron chi connectivity index (χ2n) is 4.03. The molecule has 0 saturated carbocycles. The molecule has 1 aromatic heterocycles. The second-order valence-corrected chi connectivity index (χ2v) is 4.03. The molecule has 6 heteroatoms. The van der Waals surface area contributed by atoms with Crippen molar-refractivity contribution in [2.24, 2.45) is 5.92 Å². The number of carbonyl (C=O) groups is 2. The van der Waals surface area contributed by atoms with E-state index in [0.29, 0.717) is 6.42 Å². The van der Waals surface area contributed by atoms with Crippen LogP contribution in [0.3, 0.4) is 0 Å². The molecule has 0 aliphatic heterocycles. The number of rotatable bonds is 3. The van der Waals surface area contributed by atoms with Gasteiger partial charge in [0.05, 0.1) is 0 Å². The summed E-state index contributed by atoms with van der Waals surface area (Å²) in [7, 11) is 0. The molecule has 1 atom stereocenters. The van der Waals surface area contributed by atoms with Gasteiger partial charge in [-0.3, -0.25) is 4.79 Å². The third-order valence-electron chi connectivity index (χ3n) is 2.78. The molecule has 0 aromatic carbocycles. The minimum atomic E-state index is -1.21. The third-order valence-corrected chi connectivity index (χ3v) is 2.78. The van der Waals surface area contributed by atoms with Crippen LogP contribution in [0, 0.1) is 5.92 Å². The Hall–Kier alpha value is -2.24. The van der Waals surface area contributed by atoms with E-state index in [9.17, 15) is 9.59 Å². The summed E-state index contributed by atoms with van der Waals surface area (Å²) in [5, 5.41) is 11.5. The fourth-order valence-electron chi connectivity index (χ4n) is 1.84. The molecule has 2 rings (SSSR count). The smallest absolute Gasteiger partial charge is 0.358 e. The van der Waals surface area contributed by atoms with Crippen LogP contribution in [-0.4, -0.2) is 27.0 Å². The minimum Gasteiger partial charge on any atom is -0.476 e. The maximum Gasteiger partial charge on any atom is 0.358 e. The molecule has 0 radical (unpaired) electrons. The molecule has 0 saturated heterocycles. The van der Waals surface area contributed by atoms with E-state index >= 15 is 0 Å². The first-order valence-electron chi connectivity index (χ1n) is 5.68. The molecule has 0 bridgehead atoms. The Morgan fingerprint density at radius 3 is 2.72 bits per heavy atom. The van der Waals surface area contributed by atoms with Gasteiger partial charge in [-0.15, -0.1) is 0 Å². The van der Waals surface area contributed by atoms with Gasteiger partial charge in [0.15, 0.2) is 11.5 Å². The summed E-state index contributed by atoms with van der Waals surface area (Å²) in [5.74, 6) is -1.53. The predicted octanol–water partition coefficient (Wildman–Crippen LogP) is 1.47. The quantitative estimate of drug-likeness (QED) is 0.789. The summed E-state index contributed by atoms with van der Waals surface area (Å²) in [6, 6.07) is 0. The Morgan fingerprint density at radius 1 is 1.28 bits per heavy atom. The molecule has 1 amide bonds. The number of aromatic carboxylic acids is 1. The minimum absolute atomic E-state index is 0.00422. The summed E-state index contributed by atoms with van der Waals surface area (Å²) in [6.45, 7) is 0. The van der Waals surface area contributed by atoms with E-state index in [1.807, 2.05) is 12.2 Å². The van der Waals surface area contributed by atoms with Crippen molar-refractivity contribution in [3.05, 3.63) is 30.2 Å². The van der Waals surface area contributed by atoms with Crippen LogP contribution in [-0.2, 0) is 4.79 Å². The van der Waals surface area contributed by atoms with Crippen LogP contribution in [0.15, 0.2) is 24.5 Å². The summed E-state index contributed by atoms with van der Waals surface area (Å²) >= 11 is 0. The SMILES string of the molecule is O=C(O)c1nccnc1NC(=O)C1CC=CCC1. The molecule has 0 spiro atoms. The topological polar surface area (TPSA) is 92.2 Å². The van der Waals surface area contributed by atoms with E-state index in [-0.39, 0.29) is 23.3 Å². The molecule has 1 unspecified atom stereocenters. The number of amides is 1. The van der Waals surface area contributed by atoms with Crippen molar-refractivity contribution in [3.63, 3.8) is 0 Å². The maximum atomic E-state index is 11.9. The monoisotopic (exact) mass is 247 g/mol. The zero-order valence-corrected chi connectivity index (χ0v) is 9.67. The maximum absolute atomic E-state index is 11.9. The molecule has 2 N–H and O–H groups in total. The van der Waals surface area contributed by atoms with Gasteiger partial charge in [-0.05, 0) is 19.3 Å². The zero-order valence-electron chi connectivity index (χ0n) is 9.67. The normalized spacial score (nSPS) is 18.3. The number of anilines is 1. The average molecular weight is 247 g/mol. The van der Waals surface area contributed by atoms with Gasteiger partial charge in [0, 0.05) is 18.3 Å². The van der Waals surface area contributed by atoms with Crippen molar-refractivity contribution in [2.45, 2.75) is 19.3 Å². The summed E-state index contributed by atoms with van der Waals surface area (Å²) in [5.41, 5.74) is -0.239. The largest absolute Gasteiger partial charge is 0.476 e. The van der Waals surface area contributed by atoms with E-state index < -0.39 is 5.97 Å². The molecule has 1 aliphatic rings. The fourth-order valence-corrected chi connectivity index (χ4v) is 1.84. The van der Waals surface area contributed by atoms with Crippen molar-refractivity contribution in [1.82, 2.24) is 9.97 Å². The highest BCUT2D eigenvalue weighted by molar-refractivity contribution is 5.98. The van der Waals surface area contributed by atoms with Crippen LogP contribution in [0.5, 0.6) is 0 Å². The first kappa shape index (κ1) is 12.2. The van der Waals surface area contributed by atoms with Crippen LogP contribution in [0.2, 0.25) is 0 Å². The Kier molecular flexibility index (Phi) is 3.66. The highest BCUT2D eigenvalue weighted by Gasteiger charge is 2.21. The van der Waals surface area contributed by atoms with Crippen molar-refractivity contribution in [1.29, 1.82) is 0 Å². The summed E-state index contributed by atoms with van der Waals surface area (Å²) in [4.78, 5) is 30.4. The van der Waals surface area contributed by atoms with Crippen molar-refractivity contribution in [2.75, 3.05) is 5.32 Å². The summed E-state index contributed by atoms with van der Waals surface area (Å²) < 4.78 is 0. The van der Waals surface area contributed by atoms with E-state index in [4.69, 9.17) is 5.11 Å². The van der Waals surface area contributed by atoms with Crippen LogP contribution in [0.1, 0.15) is 29.8 Å². The number of nitrogens with zero attached hydrogens (tertiary/aromatic N) is 2. The lowest BCUT2D eigenvalue weighted by Gasteiger charge is -2.17. The molecular formula is C12H13N3O3. The van der Waals surface area contributed by atoms with Crippen molar-refractivity contribution in [3.8, 4) is 0 Å². The van der Waals surface area contributed by atoms with Crippen LogP contribution < -0.4 is 5.32 Å². The lowest BCUT2D eigenvalue weighted by molar-refractivity contribution is -0.120. The molecule has 6 nitrogen and oxygen atoms in total. The van der Waals surface area contributed by atoms with Crippen LogP contribution >= 0.6 is 0 Å². The Balaban J connectivity index is 2.11.